The van der Waals surface area contributed by atoms with Crippen LogP contribution in [0, 0.1) is 0 Å². The summed E-state index contributed by atoms with van der Waals surface area (Å²) >= 11 is 0. The van der Waals surface area contributed by atoms with Crippen LogP contribution >= 0.6 is 12.4 Å². The highest BCUT2D eigenvalue weighted by molar-refractivity contribution is 5.85. The lowest BCUT2D eigenvalue weighted by atomic mass is 10.2. The second-order valence-corrected chi connectivity index (χ2v) is 2.72. The summed E-state index contributed by atoms with van der Waals surface area (Å²) in [5, 5.41) is 3.13. The monoisotopic (exact) mass is 179 g/mol. The van der Waals surface area contributed by atoms with Crippen molar-refractivity contribution in [1.82, 2.24) is 5.32 Å². The van der Waals surface area contributed by atoms with Crippen LogP contribution in [0.15, 0.2) is 0 Å². The van der Waals surface area contributed by atoms with E-state index in [9.17, 15) is 4.79 Å². The number of methoxy groups -OCH3 is 1. The number of nitrogens with one attached hydrogen (secondary N) is 1. The molecule has 0 spiro atoms. The van der Waals surface area contributed by atoms with Crippen LogP contribution < -0.4 is 5.32 Å². The molecule has 1 fully saturated rings. The lowest BCUT2D eigenvalue weighted by Gasteiger charge is -2.07. The molecule has 11 heavy (non-hydrogen) atoms. The molecule has 0 saturated carbocycles. The zero-order valence-corrected chi connectivity index (χ0v) is 7.61. The molecule has 1 saturated heterocycles. The van der Waals surface area contributed by atoms with Gasteiger partial charge in [0.15, 0.2) is 0 Å². The van der Waals surface area contributed by atoms with Gasteiger partial charge < -0.3 is 10.1 Å². The highest BCUT2D eigenvalue weighted by Gasteiger charge is 2.26. The van der Waals surface area contributed by atoms with E-state index in [0.717, 1.165) is 12.8 Å². The van der Waals surface area contributed by atoms with Gasteiger partial charge in [0.05, 0.1) is 7.11 Å². The van der Waals surface area contributed by atoms with Crippen LogP contribution in [0.2, 0.25) is 0 Å². The average Bonchev–Trinajstić information content (AvgIpc) is 2.34. The molecule has 0 aromatic heterocycles. The van der Waals surface area contributed by atoms with Crippen molar-refractivity contribution in [2.75, 3.05) is 7.11 Å². The van der Waals surface area contributed by atoms with E-state index >= 15 is 0 Å². The summed E-state index contributed by atoms with van der Waals surface area (Å²) in [5.74, 6) is -0.135. The molecule has 1 aliphatic rings. The minimum Gasteiger partial charge on any atom is -0.468 e. The van der Waals surface area contributed by atoms with Crippen LogP contribution in [0.25, 0.3) is 0 Å². The Balaban J connectivity index is 0.000001000. The Labute approximate surface area is 72.9 Å². The number of ether oxygens (including phenoxy) is 1. The molecule has 1 N–H and O–H groups in total. The van der Waals surface area contributed by atoms with E-state index in [1.165, 1.54) is 7.11 Å². The molecule has 3 nitrogen and oxygen atoms in total. The molecule has 0 amide bonds. The number of hydrogen-bond donors (Lipinski definition) is 1. The highest BCUT2D eigenvalue weighted by Crippen LogP contribution is 2.11. The summed E-state index contributed by atoms with van der Waals surface area (Å²) in [5.41, 5.74) is 0. The summed E-state index contributed by atoms with van der Waals surface area (Å²) in [6.45, 7) is 2.07. The molecule has 2 atom stereocenters. The van der Waals surface area contributed by atoms with Gasteiger partial charge in [0.25, 0.3) is 0 Å². The number of carbonyl (C=O) groups is 1. The maximum atomic E-state index is 10.9. The second kappa shape index (κ2) is 4.57. The van der Waals surface area contributed by atoms with Crippen molar-refractivity contribution in [3.05, 3.63) is 0 Å². The van der Waals surface area contributed by atoms with Crippen molar-refractivity contribution in [2.45, 2.75) is 31.8 Å². The standard InChI is InChI=1S/C7H13NO2.ClH/c1-5-3-4-6(8-5)7(9)10-2;/h5-6,8H,3-4H2,1-2H3;1H/t5-,6+;/m1./s1. The minimum absolute atomic E-state index is 0. The number of carbonyl (C=O) groups excluding carboxylic acids is 1. The fraction of sp³-hybridized carbons (Fsp3) is 0.857. The number of hydrogen-bond acceptors (Lipinski definition) is 3. The fourth-order valence-corrected chi connectivity index (χ4v) is 1.25. The topological polar surface area (TPSA) is 38.3 Å². The Morgan fingerprint density at radius 1 is 1.55 bits per heavy atom. The van der Waals surface area contributed by atoms with Crippen LogP contribution in [-0.4, -0.2) is 25.2 Å². The molecule has 1 aliphatic heterocycles. The Hall–Kier alpha value is -0.280. The van der Waals surface area contributed by atoms with E-state index in [2.05, 4.69) is 17.0 Å². The third kappa shape index (κ3) is 2.67. The maximum Gasteiger partial charge on any atom is 0.322 e. The molecule has 66 valence electrons. The molecule has 1 rings (SSSR count). The Kier molecular flexibility index (Phi) is 4.45. The Morgan fingerprint density at radius 2 is 2.18 bits per heavy atom. The first-order chi connectivity index (χ1) is 4.74. The van der Waals surface area contributed by atoms with E-state index in [4.69, 9.17) is 0 Å². The maximum absolute atomic E-state index is 10.9. The van der Waals surface area contributed by atoms with Gasteiger partial charge in [0, 0.05) is 6.04 Å². The summed E-state index contributed by atoms with van der Waals surface area (Å²) < 4.78 is 4.58. The average molecular weight is 180 g/mol. The summed E-state index contributed by atoms with van der Waals surface area (Å²) in [6.07, 6.45) is 1.98. The summed E-state index contributed by atoms with van der Waals surface area (Å²) in [6, 6.07) is 0.407. The molecule has 0 aromatic carbocycles. The zero-order chi connectivity index (χ0) is 7.56. The van der Waals surface area contributed by atoms with Gasteiger partial charge in [-0.1, -0.05) is 0 Å². The third-order valence-electron chi connectivity index (χ3n) is 1.86. The van der Waals surface area contributed by atoms with Gasteiger partial charge in [-0.3, -0.25) is 4.79 Å². The normalized spacial score (nSPS) is 29.3. The molecule has 1 heterocycles. The van der Waals surface area contributed by atoms with Gasteiger partial charge in [-0.25, -0.2) is 0 Å². The quantitative estimate of drug-likeness (QED) is 0.603. The van der Waals surface area contributed by atoms with Crippen molar-refractivity contribution >= 4 is 18.4 Å². The third-order valence-corrected chi connectivity index (χ3v) is 1.86. The van der Waals surface area contributed by atoms with Crippen LogP contribution in [-0.2, 0) is 9.53 Å². The molecular formula is C7H14ClNO2. The van der Waals surface area contributed by atoms with E-state index in [-0.39, 0.29) is 24.4 Å². The van der Waals surface area contributed by atoms with Crippen LogP contribution in [0.3, 0.4) is 0 Å². The number of halogens is 1. The van der Waals surface area contributed by atoms with Crippen molar-refractivity contribution in [3.8, 4) is 0 Å². The molecule has 0 aliphatic carbocycles. The predicted octanol–water partition coefficient (Wildman–Crippen LogP) is 0.722. The van der Waals surface area contributed by atoms with Crippen molar-refractivity contribution in [1.29, 1.82) is 0 Å². The second-order valence-electron chi connectivity index (χ2n) is 2.72. The van der Waals surface area contributed by atoms with Crippen molar-refractivity contribution < 1.29 is 9.53 Å². The highest BCUT2D eigenvalue weighted by atomic mass is 35.5. The first kappa shape index (κ1) is 10.7. The van der Waals surface area contributed by atoms with Crippen molar-refractivity contribution in [2.24, 2.45) is 0 Å². The zero-order valence-electron chi connectivity index (χ0n) is 6.79. The largest absolute Gasteiger partial charge is 0.468 e. The van der Waals surface area contributed by atoms with Crippen LogP contribution in [0.1, 0.15) is 19.8 Å². The SMILES string of the molecule is COC(=O)[C@@H]1CC[C@@H](C)N1.Cl. The molecule has 0 unspecified atom stereocenters. The summed E-state index contributed by atoms with van der Waals surface area (Å²) in [7, 11) is 1.42. The van der Waals surface area contributed by atoms with E-state index in [1.807, 2.05) is 0 Å². The first-order valence-electron chi connectivity index (χ1n) is 3.58. The fourth-order valence-electron chi connectivity index (χ4n) is 1.25. The van der Waals surface area contributed by atoms with Crippen LogP contribution in [0.5, 0.6) is 0 Å². The van der Waals surface area contributed by atoms with Gasteiger partial charge in [0.2, 0.25) is 0 Å². The smallest absolute Gasteiger partial charge is 0.322 e. The predicted molar refractivity (Wildman–Crippen MR) is 44.9 cm³/mol. The van der Waals surface area contributed by atoms with E-state index in [1.54, 1.807) is 0 Å². The van der Waals surface area contributed by atoms with Gasteiger partial charge in [0.1, 0.15) is 6.04 Å². The van der Waals surface area contributed by atoms with E-state index < -0.39 is 0 Å². The molecular weight excluding hydrogens is 166 g/mol. The minimum atomic E-state index is -0.135. The lowest BCUT2D eigenvalue weighted by Crippen LogP contribution is -2.34. The van der Waals surface area contributed by atoms with Gasteiger partial charge in [-0.15, -0.1) is 12.4 Å². The Bertz CT molecular complexity index is 140. The molecule has 0 aromatic rings. The van der Waals surface area contributed by atoms with Gasteiger partial charge >= 0.3 is 5.97 Å². The lowest BCUT2D eigenvalue weighted by molar-refractivity contribution is -0.142. The van der Waals surface area contributed by atoms with Gasteiger partial charge in [-0.05, 0) is 19.8 Å². The molecule has 0 bridgehead atoms. The van der Waals surface area contributed by atoms with Crippen LogP contribution in [0.4, 0.5) is 0 Å². The van der Waals surface area contributed by atoms with E-state index in [0.29, 0.717) is 6.04 Å². The summed E-state index contributed by atoms with van der Waals surface area (Å²) in [4.78, 5) is 10.9. The van der Waals surface area contributed by atoms with Gasteiger partial charge in [-0.2, -0.15) is 0 Å². The Morgan fingerprint density at radius 3 is 2.55 bits per heavy atom. The molecule has 4 heteroatoms. The molecule has 0 radical (unpaired) electrons. The van der Waals surface area contributed by atoms with Crippen molar-refractivity contribution in [3.63, 3.8) is 0 Å². The number of rotatable bonds is 1. The number of esters is 1. The first-order valence-corrected chi connectivity index (χ1v) is 3.58.